The topological polar surface area (TPSA) is 114 Å². The molecule has 2 unspecified atom stereocenters. The van der Waals surface area contributed by atoms with Gasteiger partial charge in [-0.2, -0.15) is 0 Å². The fraction of sp³-hybridized carbons (Fsp3) is 0.286. The Morgan fingerprint density at radius 1 is 1.06 bits per heavy atom. The first-order valence-corrected chi connectivity index (χ1v) is 11.0. The van der Waals surface area contributed by atoms with Crippen molar-refractivity contribution in [3.05, 3.63) is 65.5 Å². The summed E-state index contributed by atoms with van der Waals surface area (Å²) in [6.07, 6.45) is -1.11. The van der Waals surface area contributed by atoms with Crippen LogP contribution in [0.2, 0.25) is 0 Å². The molecule has 0 aromatic heterocycles. The lowest BCUT2D eigenvalue weighted by atomic mass is 10.1. The summed E-state index contributed by atoms with van der Waals surface area (Å²) in [6, 6.07) is 10.5. The third kappa shape index (κ3) is 5.08. The molecule has 1 aliphatic rings. The number of sulfonamides is 1. The molecule has 1 heterocycles. The quantitative estimate of drug-likeness (QED) is 0.658. The molecule has 0 spiro atoms. The normalized spacial score (nSPS) is 18.4. The molecule has 2 aromatic carbocycles. The summed E-state index contributed by atoms with van der Waals surface area (Å²) >= 11 is 0. The Balaban J connectivity index is 1.62. The van der Waals surface area contributed by atoms with Gasteiger partial charge in [-0.15, -0.1) is 0 Å². The number of nitrogens with zero attached hydrogens (tertiary/aromatic N) is 1. The molecule has 164 valence electrons. The standard InChI is InChI=1S/C21H22FN3O5S/c1-12(15-8-10-16(22)11-9-15)24-20(26)14(3)30-21(27)13(2)23-19-17-6-4-5-7-18(17)31(28,29)25-19/h4-14H,1-3H3,(H,23,25)(H,24,26)/t12?,13-,14?/m0/s1. The Labute approximate surface area is 179 Å². The summed E-state index contributed by atoms with van der Waals surface area (Å²) in [5, 5.41) is 2.69. The van der Waals surface area contributed by atoms with Crippen molar-refractivity contribution in [1.29, 1.82) is 0 Å². The highest BCUT2D eigenvalue weighted by Gasteiger charge is 2.32. The minimum Gasteiger partial charge on any atom is -0.451 e. The monoisotopic (exact) mass is 447 g/mol. The van der Waals surface area contributed by atoms with Crippen molar-refractivity contribution in [2.24, 2.45) is 4.99 Å². The zero-order valence-electron chi connectivity index (χ0n) is 17.1. The molecule has 1 amide bonds. The molecule has 3 rings (SSSR count). The molecule has 10 heteroatoms. The number of esters is 1. The van der Waals surface area contributed by atoms with Crippen LogP contribution in [0.3, 0.4) is 0 Å². The first-order valence-electron chi connectivity index (χ1n) is 9.55. The fourth-order valence-corrected chi connectivity index (χ4v) is 4.21. The van der Waals surface area contributed by atoms with Gasteiger partial charge in [0.15, 0.2) is 6.10 Å². The van der Waals surface area contributed by atoms with E-state index >= 15 is 0 Å². The zero-order chi connectivity index (χ0) is 22.8. The summed E-state index contributed by atoms with van der Waals surface area (Å²) in [5.41, 5.74) is 1.06. The third-order valence-electron chi connectivity index (χ3n) is 4.72. The maximum Gasteiger partial charge on any atom is 0.331 e. The number of carbonyl (C=O) groups excluding carboxylic acids is 2. The number of carbonyl (C=O) groups is 2. The predicted molar refractivity (Wildman–Crippen MR) is 111 cm³/mol. The van der Waals surface area contributed by atoms with Gasteiger partial charge < -0.3 is 10.1 Å². The number of halogens is 1. The summed E-state index contributed by atoms with van der Waals surface area (Å²) in [6.45, 7) is 4.58. The molecule has 3 atom stereocenters. The van der Waals surface area contributed by atoms with Crippen LogP contribution < -0.4 is 10.0 Å². The van der Waals surface area contributed by atoms with Crippen LogP contribution in [-0.2, 0) is 24.3 Å². The highest BCUT2D eigenvalue weighted by molar-refractivity contribution is 7.90. The molecule has 0 saturated heterocycles. The number of nitrogens with one attached hydrogen (secondary N) is 2. The Bertz CT molecular complexity index is 1130. The van der Waals surface area contributed by atoms with Crippen molar-refractivity contribution in [3.8, 4) is 0 Å². The van der Waals surface area contributed by atoms with Gasteiger partial charge in [0.25, 0.3) is 15.9 Å². The maximum atomic E-state index is 13.0. The molecule has 8 nitrogen and oxygen atoms in total. The van der Waals surface area contributed by atoms with Crippen LogP contribution in [0.25, 0.3) is 0 Å². The summed E-state index contributed by atoms with van der Waals surface area (Å²) in [5.74, 6) is -1.65. The SMILES string of the molecule is CC(OC(=O)[C@H](C)N=C1NS(=O)(=O)c2ccccc21)C(=O)NC(C)c1ccc(F)cc1. The number of fused-ring (bicyclic) bond motifs is 1. The lowest BCUT2D eigenvalue weighted by Crippen LogP contribution is -2.39. The van der Waals surface area contributed by atoms with E-state index in [0.717, 1.165) is 0 Å². The summed E-state index contributed by atoms with van der Waals surface area (Å²) < 4.78 is 44.8. The number of amides is 1. The van der Waals surface area contributed by atoms with Gasteiger partial charge in [-0.25, -0.2) is 17.6 Å². The highest BCUT2D eigenvalue weighted by Crippen LogP contribution is 2.22. The average Bonchev–Trinajstić information content (AvgIpc) is 2.98. The zero-order valence-corrected chi connectivity index (χ0v) is 17.9. The van der Waals surface area contributed by atoms with Gasteiger partial charge in [-0.05, 0) is 50.6 Å². The van der Waals surface area contributed by atoms with E-state index in [-0.39, 0.29) is 16.5 Å². The first kappa shape index (κ1) is 22.4. The van der Waals surface area contributed by atoms with Gasteiger partial charge in [0.1, 0.15) is 17.7 Å². The van der Waals surface area contributed by atoms with E-state index < -0.39 is 40.1 Å². The van der Waals surface area contributed by atoms with Gasteiger partial charge in [0.05, 0.1) is 10.9 Å². The van der Waals surface area contributed by atoms with Crippen molar-refractivity contribution in [2.45, 2.75) is 43.9 Å². The van der Waals surface area contributed by atoms with E-state index in [1.165, 1.54) is 32.0 Å². The maximum absolute atomic E-state index is 13.0. The van der Waals surface area contributed by atoms with Crippen LogP contribution in [0, 0.1) is 5.82 Å². The van der Waals surface area contributed by atoms with Crippen LogP contribution in [-0.4, -0.2) is 38.3 Å². The lowest BCUT2D eigenvalue weighted by Gasteiger charge is -2.19. The van der Waals surface area contributed by atoms with Crippen molar-refractivity contribution < 1.29 is 27.1 Å². The van der Waals surface area contributed by atoms with Gasteiger partial charge in [-0.1, -0.05) is 24.3 Å². The van der Waals surface area contributed by atoms with Crippen LogP contribution >= 0.6 is 0 Å². The number of aliphatic imine (C=N–C) groups is 1. The minimum absolute atomic E-state index is 0.0436. The van der Waals surface area contributed by atoms with E-state index in [2.05, 4.69) is 15.0 Å². The molecule has 0 aliphatic carbocycles. The van der Waals surface area contributed by atoms with Crippen molar-refractivity contribution in [2.75, 3.05) is 0 Å². The van der Waals surface area contributed by atoms with Gasteiger partial charge in [0.2, 0.25) is 0 Å². The Morgan fingerprint density at radius 3 is 2.39 bits per heavy atom. The van der Waals surface area contributed by atoms with E-state index in [9.17, 15) is 22.4 Å². The smallest absolute Gasteiger partial charge is 0.331 e. The minimum atomic E-state index is -3.73. The summed E-state index contributed by atoms with van der Waals surface area (Å²) in [7, 11) is -3.73. The highest BCUT2D eigenvalue weighted by atomic mass is 32.2. The average molecular weight is 447 g/mol. The van der Waals surface area contributed by atoms with Crippen molar-refractivity contribution in [1.82, 2.24) is 10.0 Å². The molecule has 1 aliphatic heterocycles. The molecule has 0 saturated carbocycles. The molecule has 2 aromatic rings. The molecular formula is C21H22FN3O5S. The summed E-state index contributed by atoms with van der Waals surface area (Å²) in [4.78, 5) is 28.9. The van der Waals surface area contributed by atoms with Gasteiger partial charge in [0, 0.05) is 5.56 Å². The fourth-order valence-electron chi connectivity index (χ4n) is 2.97. The number of benzene rings is 2. The number of hydrogen-bond acceptors (Lipinski definition) is 6. The second kappa shape index (κ2) is 8.84. The van der Waals surface area contributed by atoms with Crippen LogP contribution in [0.1, 0.15) is 37.9 Å². The number of amidine groups is 1. The molecule has 0 bridgehead atoms. The number of hydrogen-bond donors (Lipinski definition) is 2. The van der Waals surface area contributed by atoms with Crippen LogP contribution in [0.4, 0.5) is 4.39 Å². The predicted octanol–water partition coefficient (Wildman–Crippen LogP) is 2.06. The van der Waals surface area contributed by atoms with Gasteiger partial charge >= 0.3 is 5.97 Å². The Morgan fingerprint density at radius 2 is 1.71 bits per heavy atom. The third-order valence-corrected chi connectivity index (χ3v) is 6.11. The van der Waals surface area contributed by atoms with E-state index in [4.69, 9.17) is 4.74 Å². The molecule has 31 heavy (non-hydrogen) atoms. The second-order valence-corrected chi connectivity index (χ2v) is 8.77. The van der Waals surface area contributed by atoms with Crippen LogP contribution in [0.5, 0.6) is 0 Å². The number of ether oxygens (including phenoxy) is 1. The molecule has 2 N–H and O–H groups in total. The first-order chi connectivity index (χ1) is 14.6. The largest absolute Gasteiger partial charge is 0.451 e. The van der Waals surface area contributed by atoms with Crippen molar-refractivity contribution in [3.63, 3.8) is 0 Å². The molecular weight excluding hydrogens is 425 g/mol. The lowest BCUT2D eigenvalue weighted by molar-refractivity contribution is -0.155. The van der Waals surface area contributed by atoms with E-state index in [0.29, 0.717) is 11.1 Å². The van der Waals surface area contributed by atoms with Crippen molar-refractivity contribution >= 4 is 27.7 Å². The second-order valence-electron chi connectivity index (χ2n) is 7.12. The Kier molecular flexibility index (Phi) is 6.40. The number of rotatable bonds is 6. The Hall–Kier alpha value is -3.27. The molecule has 0 fully saturated rings. The van der Waals surface area contributed by atoms with Crippen LogP contribution in [0.15, 0.2) is 58.4 Å². The molecule has 0 radical (unpaired) electrons. The van der Waals surface area contributed by atoms with E-state index in [1.807, 2.05) is 0 Å². The van der Waals surface area contributed by atoms with E-state index in [1.54, 1.807) is 37.3 Å². The van der Waals surface area contributed by atoms with Gasteiger partial charge in [-0.3, -0.25) is 14.5 Å².